The highest BCUT2D eigenvalue weighted by Crippen LogP contribution is 2.30. The fraction of sp³-hybridized carbons (Fsp3) is 0.318. The van der Waals surface area contributed by atoms with Crippen molar-refractivity contribution in [3.05, 3.63) is 60.3 Å². The minimum Gasteiger partial charge on any atom is -0.497 e. The van der Waals surface area contributed by atoms with E-state index in [-0.39, 0.29) is 24.7 Å². The summed E-state index contributed by atoms with van der Waals surface area (Å²) in [5.74, 6) is 1.37. The zero-order chi connectivity index (χ0) is 20.2. The molecule has 1 aromatic heterocycles. The number of nitrogens with one attached hydrogen (secondary N) is 3. The van der Waals surface area contributed by atoms with Crippen molar-refractivity contribution in [2.45, 2.75) is 32.1 Å². The minimum absolute atomic E-state index is 0.0120. The van der Waals surface area contributed by atoms with Crippen LogP contribution in [0.4, 0.5) is 0 Å². The average Bonchev–Trinajstić information content (AvgIpc) is 3.36. The van der Waals surface area contributed by atoms with E-state index in [2.05, 4.69) is 45.9 Å². The number of aromatic nitrogens is 1. The minimum atomic E-state index is -0.162. The second kappa shape index (κ2) is 8.55. The average molecular weight is 394 g/mol. The number of hydrogen-bond acceptors (Lipinski definition) is 5. The molecule has 4 rings (SSSR count). The summed E-state index contributed by atoms with van der Waals surface area (Å²) in [5, 5.41) is 4.15. The van der Waals surface area contributed by atoms with Crippen LogP contribution in [0.15, 0.2) is 54.6 Å². The second-order valence-corrected chi connectivity index (χ2v) is 7.04. The number of nitrogens with zero attached hydrogens (tertiary/aromatic N) is 1. The van der Waals surface area contributed by atoms with Crippen LogP contribution in [-0.2, 0) is 11.3 Å². The van der Waals surface area contributed by atoms with Crippen LogP contribution in [0, 0.1) is 0 Å². The van der Waals surface area contributed by atoms with Gasteiger partial charge in [0.15, 0.2) is 6.61 Å². The first-order chi connectivity index (χ1) is 14.2. The van der Waals surface area contributed by atoms with Crippen LogP contribution in [0.5, 0.6) is 11.5 Å². The lowest BCUT2D eigenvalue weighted by Crippen LogP contribution is -2.45. The van der Waals surface area contributed by atoms with E-state index in [1.54, 1.807) is 7.11 Å². The fourth-order valence-electron chi connectivity index (χ4n) is 3.77. The third-order valence-corrected chi connectivity index (χ3v) is 5.17. The molecule has 29 heavy (non-hydrogen) atoms. The number of fused-ring (bicyclic) bond motifs is 1. The van der Waals surface area contributed by atoms with Crippen LogP contribution < -0.4 is 25.6 Å². The van der Waals surface area contributed by atoms with Crippen LogP contribution in [0.2, 0.25) is 0 Å². The lowest BCUT2D eigenvalue weighted by atomic mass is 10.1. The SMILES string of the molecule is CCn1c(C2CC(NC(=O)COc3ccccc3)NN2)cc2ccc(OC)cc21. The van der Waals surface area contributed by atoms with E-state index in [0.717, 1.165) is 24.2 Å². The molecule has 1 saturated heterocycles. The van der Waals surface area contributed by atoms with E-state index in [1.165, 1.54) is 11.1 Å². The van der Waals surface area contributed by atoms with Gasteiger partial charge in [0.05, 0.1) is 24.8 Å². The zero-order valence-electron chi connectivity index (χ0n) is 16.6. The van der Waals surface area contributed by atoms with Gasteiger partial charge in [-0.15, -0.1) is 0 Å². The van der Waals surface area contributed by atoms with Crippen molar-refractivity contribution in [2.24, 2.45) is 0 Å². The number of aryl methyl sites for hydroxylation is 1. The van der Waals surface area contributed by atoms with E-state index < -0.39 is 0 Å². The first-order valence-corrected chi connectivity index (χ1v) is 9.83. The van der Waals surface area contributed by atoms with Crippen LogP contribution in [0.1, 0.15) is 25.1 Å². The van der Waals surface area contributed by atoms with Gasteiger partial charge < -0.3 is 19.4 Å². The molecule has 3 N–H and O–H groups in total. The Kier molecular flexibility index (Phi) is 5.69. The highest BCUT2D eigenvalue weighted by Gasteiger charge is 2.28. The standard InChI is InChI=1S/C22H26N4O3/c1-3-26-19-12-17(28-2)10-9-15(19)11-20(26)18-13-21(25-24-18)23-22(27)14-29-16-7-5-4-6-8-16/h4-12,18,21,24-25H,3,13-14H2,1-2H3,(H,23,27). The third-order valence-electron chi connectivity index (χ3n) is 5.17. The Morgan fingerprint density at radius 1 is 1.14 bits per heavy atom. The molecule has 0 saturated carbocycles. The summed E-state index contributed by atoms with van der Waals surface area (Å²) in [7, 11) is 1.68. The summed E-state index contributed by atoms with van der Waals surface area (Å²) in [6.45, 7) is 2.97. The molecule has 0 radical (unpaired) electrons. The first-order valence-electron chi connectivity index (χ1n) is 9.83. The van der Waals surface area contributed by atoms with Crippen LogP contribution in [0.25, 0.3) is 10.9 Å². The lowest BCUT2D eigenvalue weighted by molar-refractivity contribution is -0.123. The summed E-state index contributed by atoms with van der Waals surface area (Å²) >= 11 is 0. The largest absolute Gasteiger partial charge is 0.497 e. The fourth-order valence-corrected chi connectivity index (χ4v) is 3.77. The number of hydrogen-bond donors (Lipinski definition) is 3. The Bertz CT molecular complexity index is 986. The number of para-hydroxylation sites is 1. The van der Waals surface area contributed by atoms with Crippen LogP contribution in [0.3, 0.4) is 0 Å². The molecule has 2 heterocycles. The molecule has 1 aliphatic heterocycles. The number of ether oxygens (including phenoxy) is 2. The number of amides is 1. The second-order valence-electron chi connectivity index (χ2n) is 7.04. The molecule has 7 heteroatoms. The molecule has 1 aliphatic rings. The quantitative estimate of drug-likeness (QED) is 0.575. The van der Waals surface area contributed by atoms with Crippen molar-refractivity contribution in [1.82, 2.24) is 20.7 Å². The molecule has 0 aliphatic carbocycles. The van der Waals surface area contributed by atoms with Gasteiger partial charge in [-0.1, -0.05) is 18.2 Å². The van der Waals surface area contributed by atoms with E-state index in [4.69, 9.17) is 9.47 Å². The van der Waals surface area contributed by atoms with Gasteiger partial charge >= 0.3 is 0 Å². The summed E-state index contributed by atoms with van der Waals surface area (Å²) in [6.07, 6.45) is 0.578. The molecule has 1 fully saturated rings. The highest BCUT2D eigenvalue weighted by atomic mass is 16.5. The lowest BCUT2D eigenvalue weighted by Gasteiger charge is -2.14. The number of hydrazine groups is 1. The Morgan fingerprint density at radius 2 is 1.97 bits per heavy atom. The zero-order valence-corrected chi connectivity index (χ0v) is 16.6. The maximum Gasteiger partial charge on any atom is 0.259 e. The Morgan fingerprint density at radius 3 is 2.72 bits per heavy atom. The van der Waals surface area contributed by atoms with Crippen molar-refractivity contribution in [2.75, 3.05) is 13.7 Å². The van der Waals surface area contributed by atoms with E-state index in [9.17, 15) is 4.79 Å². The number of benzene rings is 2. The molecule has 0 bridgehead atoms. The van der Waals surface area contributed by atoms with Gasteiger partial charge in [-0.3, -0.25) is 4.79 Å². The van der Waals surface area contributed by atoms with Gasteiger partial charge in [-0.05, 0) is 37.3 Å². The molecule has 0 spiro atoms. The van der Waals surface area contributed by atoms with E-state index in [0.29, 0.717) is 5.75 Å². The summed E-state index contributed by atoms with van der Waals surface area (Å²) in [5.41, 5.74) is 8.81. The van der Waals surface area contributed by atoms with E-state index >= 15 is 0 Å². The van der Waals surface area contributed by atoms with Crippen molar-refractivity contribution in [3.63, 3.8) is 0 Å². The van der Waals surface area contributed by atoms with Crippen molar-refractivity contribution < 1.29 is 14.3 Å². The van der Waals surface area contributed by atoms with Gasteiger partial charge in [0.1, 0.15) is 11.5 Å². The van der Waals surface area contributed by atoms with Gasteiger partial charge in [0.2, 0.25) is 0 Å². The molecule has 2 aromatic carbocycles. The predicted molar refractivity (Wildman–Crippen MR) is 112 cm³/mol. The van der Waals surface area contributed by atoms with Gasteiger partial charge in [-0.25, -0.2) is 10.9 Å². The first kappa shape index (κ1) is 19.3. The van der Waals surface area contributed by atoms with Gasteiger partial charge in [0, 0.05) is 30.1 Å². The Balaban J connectivity index is 1.40. The number of rotatable bonds is 7. The molecule has 1 amide bonds. The molecule has 3 aromatic rings. The molecule has 2 atom stereocenters. The number of carbonyl (C=O) groups excluding carboxylic acids is 1. The molecular formula is C22H26N4O3. The molecule has 2 unspecified atom stereocenters. The monoisotopic (exact) mass is 394 g/mol. The van der Waals surface area contributed by atoms with Crippen LogP contribution >= 0.6 is 0 Å². The topological polar surface area (TPSA) is 76.6 Å². The van der Waals surface area contributed by atoms with Crippen molar-refractivity contribution in [3.8, 4) is 11.5 Å². The smallest absolute Gasteiger partial charge is 0.259 e. The van der Waals surface area contributed by atoms with Crippen molar-refractivity contribution >= 4 is 16.8 Å². The van der Waals surface area contributed by atoms with Crippen molar-refractivity contribution in [1.29, 1.82) is 0 Å². The maximum atomic E-state index is 12.2. The number of methoxy groups -OCH3 is 1. The maximum absolute atomic E-state index is 12.2. The predicted octanol–water partition coefficient (Wildman–Crippen LogP) is 2.73. The van der Waals surface area contributed by atoms with E-state index in [1.807, 2.05) is 36.4 Å². The summed E-state index contributed by atoms with van der Waals surface area (Å²) in [6, 6.07) is 17.7. The summed E-state index contributed by atoms with van der Waals surface area (Å²) < 4.78 is 13.2. The normalized spacial score (nSPS) is 18.7. The highest BCUT2D eigenvalue weighted by molar-refractivity contribution is 5.83. The Hall–Kier alpha value is -3.03. The number of carbonyl (C=O) groups is 1. The van der Waals surface area contributed by atoms with Gasteiger partial charge in [0.25, 0.3) is 5.91 Å². The molecule has 152 valence electrons. The molecular weight excluding hydrogens is 368 g/mol. The van der Waals surface area contributed by atoms with Crippen LogP contribution in [-0.4, -0.2) is 30.4 Å². The third kappa shape index (κ3) is 4.21. The summed E-state index contributed by atoms with van der Waals surface area (Å²) in [4.78, 5) is 12.2. The molecule has 7 nitrogen and oxygen atoms in total. The van der Waals surface area contributed by atoms with Gasteiger partial charge in [-0.2, -0.15) is 0 Å². The Labute approximate surface area is 170 Å².